The van der Waals surface area contributed by atoms with E-state index in [0.717, 1.165) is 17.1 Å². The molecule has 2 rings (SSSR count). The summed E-state index contributed by atoms with van der Waals surface area (Å²) in [6.45, 7) is 1.83. The van der Waals surface area contributed by atoms with Gasteiger partial charge in [0.1, 0.15) is 11.5 Å². The highest BCUT2D eigenvalue weighted by atomic mass is 16.2. The number of aliphatic imine (C=N–C) groups is 1. The lowest BCUT2D eigenvalue weighted by atomic mass is 10.1. The molecule has 4 nitrogen and oxygen atoms in total. The van der Waals surface area contributed by atoms with Crippen molar-refractivity contribution >= 4 is 23.5 Å². The largest absolute Gasteiger partial charge is 0.377 e. The third-order valence-corrected chi connectivity index (χ3v) is 3.00. The Labute approximate surface area is 107 Å². The molecule has 0 fully saturated rings. The Morgan fingerprint density at radius 1 is 1.28 bits per heavy atom. The van der Waals surface area contributed by atoms with E-state index in [1.165, 1.54) is 0 Å². The van der Waals surface area contributed by atoms with Gasteiger partial charge in [0, 0.05) is 32.4 Å². The molecular weight excluding hydrogens is 226 g/mol. The molecule has 18 heavy (non-hydrogen) atoms. The second-order valence-corrected chi connectivity index (χ2v) is 4.51. The number of amidine groups is 1. The van der Waals surface area contributed by atoms with Gasteiger partial charge in [0.15, 0.2) is 0 Å². The monoisotopic (exact) mass is 243 g/mol. The standard InChI is InChI=1S/C14H17N3O/c1-10-15-12(14(18)17(10)4)9-11-7-5-6-8-13(11)16(2)3/h5-9H,1-4H3/b12-9-. The predicted molar refractivity (Wildman–Crippen MR) is 74.6 cm³/mol. The van der Waals surface area contributed by atoms with Crippen LogP contribution in [0, 0.1) is 0 Å². The first-order valence-corrected chi connectivity index (χ1v) is 5.82. The Morgan fingerprint density at radius 3 is 2.50 bits per heavy atom. The lowest BCUT2D eigenvalue weighted by Crippen LogP contribution is -2.25. The number of likely N-dealkylation sites (N-methyl/N-ethyl adjacent to an activating group) is 1. The first-order chi connectivity index (χ1) is 8.50. The molecule has 0 atom stereocenters. The van der Waals surface area contributed by atoms with Crippen molar-refractivity contribution in [2.24, 2.45) is 4.99 Å². The van der Waals surface area contributed by atoms with Gasteiger partial charge in [-0.2, -0.15) is 0 Å². The van der Waals surface area contributed by atoms with Crippen molar-refractivity contribution in [3.8, 4) is 0 Å². The smallest absolute Gasteiger partial charge is 0.277 e. The van der Waals surface area contributed by atoms with Crippen molar-refractivity contribution in [1.82, 2.24) is 4.90 Å². The first kappa shape index (κ1) is 12.4. The molecule has 0 unspecified atom stereocenters. The molecule has 0 bridgehead atoms. The summed E-state index contributed by atoms with van der Waals surface area (Å²) in [5.41, 5.74) is 2.56. The van der Waals surface area contributed by atoms with Gasteiger partial charge in [-0.25, -0.2) is 4.99 Å². The number of amides is 1. The van der Waals surface area contributed by atoms with E-state index in [-0.39, 0.29) is 5.91 Å². The number of hydrogen-bond acceptors (Lipinski definition) is 3. The summed E-state index contributed by atoms with van der Waals surface area (Å²) in [7, 11) is 5.70. The highest BCUT2D eigenvalue weighted by Crippen LogP contribution is 2.23. The van der Waals surface area contributed by atoms with Crippen molar-refractivity contribution in [3.05, 3.63) is 35.5 Å². The summed E-state index contributed by atoms with van der Waals surface area (Å²) in [5, 5.41) is 0. The van der Waals surface area contributed by atoms with Crippen LogP contribution in [0.1, 0.15) is 12.5 Å². The normalized spacial score (nSPS) is 17.3. The molecular formula is C14H17N3O. The van der Waals surface area contributed by atoms with E-state index < -0.39 is 0 Å². The van der Waals surface area contributed by atoms with Gasteiger partial charge in [-0.3, -0.25) is 9.69 Å². The van der Waals surface area contributed by atoms with E-state index >= 15 is 0 Å². The van der Waals surface area contributed by atoms with Gasteiger partial charge in [0.2, 0.25) is 0 Å². The highest BCUT2D eigenvalue weighted by molar-refractivity contribution is 6.13. The number of carbonyl (C=O) groups is 1. The maximum Gasteiger partial charge on any atom is 0.277 e. The van der Waals surface area contributed by atoms with Crippen molar-refractivity contribution < 1.29 is 4.79 Å². The Kier molecular flexibility index (Phi) is 3.19. The quantitative estimate of drug-likeness (QED) is 0.745. The number of anilines is 1. The molecule has 94 valence electrons. The summed E-state index contributed by atoms with van der Waals surface area (Å²) in [6.07, 6.45) is 1.84. The predicted octanol–water partition coefficient (Wildman–Crippen LogP) is 1.98. The number of carbonyl (C=O) groups excluding carboxylic acids is 1. The van der Waals surface area contributed by atoms with Gasteiger partial charge in [0.25, 0.3) is 5.91 Å². The molecule has 1 aliphatic rings. The van der Waals surface area contributed by atoms with Gasteiger partial charge in [-0.05, 0) is 19.1 Å². The molecule has 0 spiro atoms. The number of hydrogen-bond donors (Lipinski definition) is 0. The van der Waals surface area contributed by atoms with E-state index in [1.807, 2.05) is 56.3 Å². The third kappa shape index (κ3) is 2.14. The van der Waals surface area contributed by atoms with Crippen LogP contribution in [0.4, 0.5) is 5.69 Å². The minimum atomic E-state index is -0.0546. The van der Waals surface area contributed by atoms with Gasteiger partial charge < -0.3 is 4.90 Å². The topological polar surface area (TPSA) is 35.9 Å². The van der Waals surface area contributed by atoms with E-state index in [4.69, 9.17) is 0 Å². The lowest BCUT2D eigenvalue weighted by Gasteiger charge is -2.15. The van der Waals surface area contributed by atoms with E-state index in [9.17, 15) is 4.79 Å². The van der Waals surface area contributed by atoms with Gasteiger partial charge in [0.05, 0.1) is 0 Å². The van der Waals surface area contributed by atoms with Crippen LogP contribution in [0.25, 0.3) is 6.08 Å². The highest BCUT2D eigenvalue weighted by Gasteiger charge is 2.23. The fraction of sp³-hybridized carbons (Fsp3) is 0.286. The minimum Gasteiger partial charge on any atom is -0.377 e. The zero-order chi connectivity index (χ0) is 13.3. The minimum absolute atomic E-state index is 0.0546. The Hall–Kier alpha value is -2.10. The number of rotatable bonds is 2. The van der Waals surface area contributed by atoms with Crippen LogP contribution in [0.3, 0.4) is 0 Å². The lowest BCUT2D eigenvalue weighted by molar-refractivity contribution is -0.121. The SMILES string of the molecule is CC1=N/C(=C\c2ccccc2N(C)C)C(=O)N1C. The van der Waals surface area contributed by atoms with Crippen LogP contribution in [0.2, 0.25) is 0 Å². The van der Waals surface area contributed by atoms with Gasteiger partial charge in [-0.15, -0.1) is 0 Å². The molecule has 0 radical (unpaired) electrons. The molecule has 0 saturated heterocycles. The molecule has 1 aliphatic heterocycles. The first-order valence-electron chi connectivity index (χ1n) is 5.82. The van der Waals surface area contributed by atoms with Gasteiger partial charge in [-0.1, -0.05) is 18.2 Å². The van der Waals surface area contributed by atoms with Crippen LogP contribution in [-0.4, -0.2) is 37.8 Å². The molecule has 4 heteroatoms. The van der Waals surface area contributed by atoms with Crippen LogP contribution < -0.4 is 4.90 Å². The second kappa shape index (κ2) is 4.64. The molecule has 1 amide bonds. The summed E-state index contributed by atoms with van der Waals surface area (Å²) >= 11 is 0. The van der Waals surface area contributed by atoms with Crippen LogP contribution in [-0.2, 0) is 4.79 Å². The Bertz CT molecular complexity index is 544. The summed E-state index contributed by atoms with van der Waals surface area (Å²) in [5.74, 6) is 0.676. The summed E-state index contributed by atoms with van der Waals surface area (Å²) in [4.78, 5) is 19.8. The second-order valence-electron chi connectivity index (χ2n) is 4.51. The fourth-order valence-corrected chi connectivity index (χ4v) is 1.87. The number of para-hydroxylation sites is 1. The molecule has 1 aromatic rings. The van der Waals surface area contributed by atoms with Gasteiger partial charge >= 0.3 is 0 Å². The third-order valence-electron chi connectivity index (χ3n) is 3.00. The zero-order valence-corrected chi connectivity index (χ0v) is 11.1. The average Bonchev–Trinajstić information content (AvgIpc) is 2.57. The van der Waals surface area contributed by atoms with Crippen LogP contribution >= 0.6 is 0 Å². The Balaban J connectivity index is 2.44. The maximum absolute atomic E-state index is 11.9. The van der Waals surface area contributed by atoms with Crippen molar-refractivity contribution in [1.29, 1.82) is 0 Å². The van der Waals surface area contributed by atoms with Crippen molar-refractivity contribution in [2.75, 3.05) is 26.0 Å². The van der Waals surface area contributed by atoms with Crippen LogP contribution in [0.15, 0.2) is 35.0 Å². The summed E-state index contributed by atoms with van der Waals surface area (Å²) < 4.78 is 0. The zero-order valence-electron chi connectivity index (χ0n) is 11.1. The molecule has 0 aliphatic carbocycles. The number of benzene rings is 1. The van der Waals surface area contributed by atoms with E-state index in [0.29, 0.717) is 5.70 Å². The molecule has 0 N–H and O–H groups in total. The van der Waals surface area contributed by atoms with Crippen LogP contribution in [0.5, 0.6) is 0 Å². The van der Waals surface area contributed by atoms with Crippen molar-refractivity contribution in [2.45, 2.75) is 6.92 Å². The van der Waals surface area contributed by atoms with E-state index in [1.54, 1.807) is 11.9 Å². The molecule has 0 aromatic heterocycles. The van der Waals surface area contributed by atoms with Crippen molar-refractivity contribution in [3.63, 3.8) is 0 Å². The van der Waals surface area contributed by atoms with E-state index in [2.05, 4.69) is 4.99 Å². The average molecular weight is 243 g/mol. The molecule has 0 saturated carbocycles. The molecule has 1 aromatic carbocycles. The fourth-order valence-electron chi connectivity index (χ4n) is 1.87. The molecule has 1 heterocycles. The number of nitrogens with zero attached hydrogens (tertiary/aromatic N) is 3. The maximum atomic E-state index is 11.9. The Morgan fingerprint density at radius 2 is 1.94 bits per heavy atom. The summed E-state index contributed by atoms with van der Waals surface area (Å²) in [6, 6.07) is 7.94.